The van der Waals surface area contributed by atoms with Crippen LogP contribution in [-0.2, 0) is 0 Å². The van der Waals surface area contributed by atoms with Crippen LogP contribution >= 0.6 is 15.9 Å². The molecule has 3 rings (SSSR count). The zero-order chi connectivity index (χ0) is 19.2. The van der Waals surface area contributed by atoms with Crippen molar-refractivity contribution in [2.75, 3.05) is 5.32 Å². The van der Waals surface area contributed by atoms with E-state index in [1.165, 1.54) is 12.1 Å². The van der Waals surface area contributed by atoms with Crippen LogP contribution in [-0.4, -0.2) is 11.9 Å². The molecular weight excluding hydrogens is 406 g/mol. The van der Waals surface area contributed by atoms with Crippen LogP contribution in [0.4, 0.5) is 5.69 Å². The number of rotatable bonds is 3. The van der Waals surface area contributed by atoms with Crippen LogP contribution in [0.2, 0.25) is 0 Å². The van der Waals surface area contributed by atoms with Crippen molar-refractivity contribution >= 4 is 33.5 Å². The Labute approximate surface area is 165 Å². The highest BCUT2D eigenvalue weighted by Gasteiger charge is 2.13. The molecule has 27 heavy (non-hydrogen) atoms. The number of carboxylic acid groups (broad SMARTS) is 1. The van der Waals surface area contributed by atoms with Crippen molar-refractivity contribution < 1.29 is 14.7 Å². The number of amides is 1. The molecule has 0 fully saturated rings. The van der Waals surface area contributed by atoms with Gasteiger partial charge in [-0.25, -0.2) is 0 Å². The number of halogens is 1. The first kappa shape index (κ1) is 18.4. The molecule has 5 heteroatoms. The summed E-state index contributed by atoms with van der Waals surface area (Å²) in [5.41, 5.74) is 1.84. The Balaban J connectivity index is 1.88. The second-order valence-corrected chi connectivity index (χ2v) is 6.51. The fourth-order valence-electron chi connectivity index (χ4n) is 2.42. The molecule has 132 valence electrons. The van der Waals surface area contributed by atoms with Gasteiger partial charge in [-0.3, -0.25) is 4.79 Å². The number of benzene rings is 3. The maximum Gasteiger partial charge on any atom is 0.256 e. The molecule has 0 aliphatic rings. The quantitative estimate of drug-likeness (QED) is 0.662. The third kappa shape index (κ3) is 4.63. The number of carboxylic acids is 1. The third-order valence-corrected chi connectivity index (χ3v) is 4.28. The van der Waals surface area contributed by atoms with Gasteiger partial charge in [0.1, 0.15) is 0 Å². The average molecular weight is 419 g/mol. The van der Waals surface area contributed by atoms with E-state index in [1.807, 2.05) is 30.3 Å². The van der Waals surface area contributed by atoms with Crippen molar-refractivity contribution in [1.82, 2.24) is 0 Å². The van der Waals surface area contributed by atoms with Crippen LogP contribution in [0.3, 0.4) is 0 Å². The first-order chi connectivity index (χ1) is 13.0. The van der Waals surface area contributed by atoms with E-state index >= 15 is 0 Å². The van der Waals surface area contributed by atoms with Gasteiger partial charge in [0.15, 0.2) is 0 Å². The summed E-state index contributed by atoms with van der Waals surface area (Å²) in [6.45, 7) is 0. The van der Waals surface area contributed by atoms with E-state index in [0.29, 0.717) is 11.3 Å². The molecule has 0 saturated heterocycles. The highest BCUT2D eigenvalue weighted by Crippen LogP contribution is 2.17. The minimum atomic E-state index is -1.40. The lowest BCUT2D eigenvalue weighted by Gasteiger charge is -2.11. The summed E-state index contributed by atoms with van der Waals surface area (Å²) in [5.74, 6) is 4.15. The number of para-hydroxylation sites is 1. The summed E-state index contributed by atoms with van der Waals surface area (Å²) in [4.78, 5) is 23.8. The molecule has 0 spiro atoms. The molecule has 3 aromatic rings. The van der Waals surface area contributed by atoms with Gasteiger partial charge >= 0.3 is 0 Å². The lowest BCUT2D eigenvalue weighted by molar-refractivity contribution is -0.255. The van der Waals surface area contributed by atoms with Crippen LogP contribution in [0, 0.1) is 11.8 Å². The largest absolute Gasteiger partial charge is 0.545 e. The van der Waals surface area contributed by atoms with Gasteiger partial charge in [-0.1, -0.05) is 58.1 Å². The smallest absolute Gasteiger partial charge is 0.256 e. The van der Waals surface area contributed by atoms with E-state index in [9.17, 15) is 14.7 Å². The maximum absolute atomic E-state index is 12.5. The van der Waals surface area contributed by atoms with Gasteiger partial charge in [0.05, 0.1) is 11.7 Å². The minimum Gasteiger partial charge on any atom is -0.545 e. The molecule has 0 aliphatic heterocycles. The van der Waals surface area contributed by atoms with Gasteiger partial charge in [-0.15, -0.1) is 0 Å². The standard InChI is InChI=1S/C22H14BrNO3/c23-17-13-10-15(11-14-17)9-12-16-5-1-4-8-20(16)24-21(25)18-6-2-3-7-19(18)22(26)27/h1-8,10-11,13-14H,(H,24,25)(H,26,27)/p-1. The summed E-state index contributed by atoms with van der Waals surface area (Å²) in [7, 11) is 0. The number of hydrogen-bond acceptors (Lipinski definition) is 3. The van der Waals surface area contributed by atoms with E-state index in [0.717, 1.165) is 10.0 Å². The Hall–Kier alpha value is -3.36. The second-order valence-electron chi connectivity index (χ2n) is 5.59. The monoisotopic (exact) mass is 418 g/mol. The van der Waals surface area contributed by atoms with Crippen molar-refractivity contribution in [2.45, 2.75) is 0 Å². The molecule has 1 N–H and O–H groups in total. The number of anilines is 1. The number of nitrogens with one attached hydrogen (secondary N) is 1. The summed E-state index contributed by atoms with van der Waals surface area (Å²) in [6.07, 6.45) is 0. The molecule has 4 nitrogen and oxygen atoms in total. The van der Waals surface area contributed by atoms with E-state index in [1.54, 1.807) is 30.3 Å². The molecular formula is C22H13BrNO3-. The van der Waals surface area contributed by atoms with E-state index in [4.69, 9.17) is 0 Å². The Kier molecular flexibility index (Phi) is 5.70. The van der Waals surface area contributed by atoms with Crippen LogP contribution in [0.25, 0.3) is 0 Å². The molecule has 0 atom stereocenters. The van der Waals surface area contributed by atoms with Crippen LogP contribution in [0.1, 0.15) is 31.8 Å². The second kappa shape index (κ2) is 8.35. The number of carbonyl (C=O) groups excluding carboxylic acids is 2. The minimum absolute atomic E-state index is 0.0353. The van der Waals surface area contributed by atoms with E-state index < -0.39 is 11.9 Å². The summed E-state index contributed by atoms with van der Waals surface area (Å²) in [5, 5.41) is 13.9. The summed E-state index contributed by atoms with van der Waals surface area (Å²) in [6, 6.07) is 20.6. The molecule has 3 aromatic carbocycles. The zero-order valence-electron chi connectivity index (χ0n) is 14.0. The zero-order valence-corrected chi connectivity index (χ0v) is 15.6. The topological polar surface area (TPSA) is 69.2 Å². The third-order valence-electron chi connectivity index (χ3n) is 3.75. The van der Waals surface area contributed by atoms with Gasteiger partial charge in [0.2, 0.25) is 0 Å². The fourth-order valence-corrected chi connectivity index (χ4v) is 2.69. The molecule has 0 bridgehead atoms. The van der Waals surface area contributed by atoms with Gasteiger partial charge in [-0.05, 0) is 42.5 Å². The lowest BCUT2D eigenvalue weighted by atomic mass is 10.1. The van der Waals surface area contributed by atoms with Crippen LogP contribution in [0.5, 0.6) is 0 Å². The van der Waals surface area contributed by atoms with Crippen molar-refractivity contribution in [1.29, 1.82) is 0 Å². The summed E-state index contributed by atoms with van der Waals surface area (Å²) >= 11 is 3.38. The molecule has 0 aromatic heterocycles. The Morgan fingerprint density at radius 3 is 2.15 bits per heavy atom. The number of carbonyl (C=O) groups is 2. The molecule has 0 unspecified atom stereocenters. The van der Waals surface area contributed by atoms with Gasteiger partial charge in [-0.2, -0.15) is 0 Å². The maximum atomic E-state index is 12.5. The van der Waals surface area contributed by atoms with Gasteiger partial charge in [0.25, 0.3) is 5.91 Å². The molecule has 0 radical (unpaired) electrons. The van der Waals surface area contributed by atoms with Crippen molar-refractivity contribution in [3.05, 3.63) is 99.5 Å². The molecule has 0 aliphatic carbocycles. The van der Waals surface area contributed by atoms with E-state index in [2.05, 4.69) is 33.1 Å². The normalized spacial score (nSPS) is 9.81. The molecule has 0 saturated carbocycles. The van der Waals surface area contributed by atoms with Gasteiger partial charge in [0, 0.05) is 26.7 Å². The Bertz CT molecular complexity index is 1060. The first-order valence-electron chi connectivity index (χ1n) is 8.03. The van der Waals surface area contributed by atoms with E-state index in [-0.39, 0.29) is 11.1 Å². The SMILES string of the molecule is O=C([O-])c1ccccc1C(=O)Nc1ccccc1C#Cc1ccc(Br)cc1. The summed E-state index contributed by atoms with van der Waals surface area (Å²) < 4.78 is 0.965. The van der Waals surface area contributed by atoms with Crippen molar-refractivity contribution in [2.24, 2.45) is 0 Å². The molecule has 1 amide bonds. The predicted octanol–water partition coefficient (Wildman–Crippen LogP) is 3.46. The molecule has 0 heterocycles. The Morgan fingerprint density at radius 1 is 0.815 bits per heavy atom. The van der Waals surface area contributed by atoms with Crippen LogP contribution in [0.15, 0.2) is 77.3 Å². The van der Waals surface area contributed by atoms with Crippen molar-refractivity contribution in [3.8, 4) is 11.8 Å². The highest BCUT2D eigenvalue weighted by atomic mass is 79.9. The predicted molar refractivity (Wildman–Crippen MR) is 105 cm³/mol. The van der Waals surface area contributed by atoms with Crippen LogP contribution < -0.4 is 10.4 Å². The average Bonchev–Trinajstić information content (AvgIpc) is 2.68. The number of hydrogen-bond donors (Lipinski definition) is 1. The van der Waals surface area contributed by atoms with Crippen molar-refractivity contribution in [3.63, 3.8) is 0 Å². The lowest BCUT2D eigenvalue weighted by Crippen LogP contribution is -2.26. The number of aromatic carboxylic acids is 1. The first-order valence-corrected chi connectivity index (χ1v) is 8.82. The highest BCUT2D eigenvalue weighted by molar-refractivity contribution is 9.10. The fraction of sp³-hybridized carbons (Fsp3) is 0. The van der Waals surface area contributed by atoms with Gasteiger partial charge < -0.3 is 15.2 Å². The Morgan fingerprint density at radius 2 is 1.44 bits per heavy atom.